The van der Waals surface area contributed by atoms with Gasteiger partial charge in [0.2, 0.25) is 0 Å². The van der Waals surface area contributed by atoms with Crippen molar-refractivity contribution in [2.45, 2.75) is 6.42 Å². The fourth-order valence-corrected chi connectivity index (χ4v) is 0.721. The predicted octanol–water partition coefficient (Wildman–Crippen LogP) is 0.641. The van der Waals surface area contributed by atoms with Crippen molar-refractivity contribution in [1.29, 1.82) is 0 Å². The highest BCUT2D eigenvalue weighted by Crippen LogP contribution is 2.10. The van der Waals surface area contributed by atoms with Crippen LogP contribution in [0.25, 0.3) is 0 Å². The number of rotatable bonds is 1. The quantitative estimate of drug-likeness (QED) is 0.378. The Balaban J connectivity index is 2.70. The van der Waals surface area contributed by atoms with Crippen LogP contribution in [0.2, 0.25) is 0 Å². The van der Waals surface area contributed by atoms with Crippen LogP contribution in [-0.2, 0) is 9.59 Å². The number of hydrogen-bond donors (Lipinski definition) is 0. The average molecular weight is 122 g/mol. The molecule has 0 heterocycles. The van der Waals surface area contributed by atoms with Gasteiger partial charge in [0.05, 0.1) is 0 Å². The van der Waals surface area contributed by atoms with E-state index in [4.69, 9.17) is 0 Å². The molecule has 1 aliphatic rings. The van der Waals surface area contributed by atoms with Crippen LogP contribution in [0.4, 0.5) is 0 Å². The molecule has 1 rings (SSSR count). The first kappa shape index (κ1) is 5.95. The molecule has 0 atom stereocenters. The number of allylic oxidation sites excluding steroid dienone is 4. The van der Waals surface area contributed by atoms with Gasteiger partial charge in [0.15, 0.2) is 5.78 Å². The van der Waals surface area contributed by atoms with E-state index in [1.54, 1.807) is 6.08 Å². The predicted molar refractivity (Wildman–Crippen MR) is 32.9 cm³/mol. The van der Waals surface area contributed by atoms with Gasteiger partial charge in [-0.05, 0) is 17.7 Å². The van der Waals surface area contributed by atoms with Gasteiger partial charge in [-0.1, -0.05) is 6.08 Å². The molecule has 0 amide bonds. The zero-order valence-corrected chi connectivity index (χ0v) is 4.83. The lowest BCUT2D eigenvalue weighted by Crippen LogP contribution is -1.84. The van der Waals surface area contributed by atoms with Crippen molar-refractivity contribution < 1.29 is 9.59 Å². The van der Waals surface area contributed by atoms with E-state index in [9.17, 15) is 9.59 Å². The molecule has 0 bridgehead atoms. The van der Waals surface area contributed by atoms with Gasteiger partial charge < -0.3 is 0 Å². The Bertz CT molecular complexity index is 199. The second-order valence-corrected chi connectivity index (χ2v) is 1.85. The van der Waals surface area contributed by atoms with E-state index in [1.165, 1.54) is 12.2 Å². The van der Waals surface area contributed by atoms with Crippen molar-refractivity contribution in [3.8, 4) is 0 Å². The number of carbonyl (C=O) groups excluding carboxylic acids is 2. The highest BCUT2D eigenvalue weighted by Gasteiger charge is 2.06. The minimum absolute atomic E-state index is 0.0723. The fraction of sp³-hybridized carbons (Fsp3) is 0.143. The lowest BCUT2D eigenvalue weighted by molar-refractivity contribution is -0.113. The van der Waals surface area contributed by atoms with Crippen LogP contribution >= 0.6 is 0 Å². The SMILES string of the molecule is O=C/C=C1\C=CC(=O)C1. The van der Waals surface area contributed by atoms with Gasteiger partial charge in [0.25, 0.3) is 0 Å². The van der Waals surface area contributed by atoms with E-state index in [0.717, 1.165) is 5.57 Å². The molecular weight excluding hydrogens is 116 g/mol. The van der Waals surface area contributed by atoms with E-state index in [-0.39, 0.29) is 5.78 Å². The Morgan fingerprint density at radius 3 is 2.67 bits per heavy atom. The Morgan fingerprint density at radius 2 is 2.22 bits per heavy atom. The molecule has 2 nitrogen and oxygen atoms in total. The molecule has 9 heavy (non-hydrogen) atoms. The normalized spacial score (nSPS) is 21.3. The van der Waals surface area contributed by atoms with Crippen molar-refractivity contribution in [3.05, 3.63) is 23.8 Å². The smallest absolute Gasteiger partial charge is 0.160 e. The number of aldehydes is 1. The van der Waals surface area contributed by atoms with Crippen LogP contribution in [0.15, 0.2) is 23.8 Å². The lowest BCUT2D eigenvalue weighted by Gasteiger charge is -1.82. The zero-order valence-electron chi connectivity index (χ0n) is 4.83. The zero-order chi connectivity index (χ0) is 6.69. The van der Waals surface area contributed by atoms with Gasteiger partial charge >= 0.3 is 0 Å². The van der Waals surface area contributed by atoms with Gasteiger partial charge in [0.1, 0.15) is 6.29 Å². The Morgan fingerprint density at radius 1 is 1.44 bits per heavy atom. The average Bonchev–Trinajstić information content (AvgIpc) is 2.17. The van der Waals surface area contributed by atoms with E-state index in [2.05, 4.69) is 0 Å². The Kier molecular flexibility index (Phi) is 1.58. The molecule has 0 saturated heterocycles. The summed E-state index contributed by atoms with van der Waals surface area (Å²) in [4.78, 5) is 20.3. The Labute approximate surface area is 52.9 Å². The summed E-state index contributed by atoms with van der Waals surface area (Å²) in [6.45, 7) is 0. The number of ketones is 1. The third kappa shape index (κ3) is 1.35. The van der Waals surface area contributed by atoms with Crippen LogP contribution in [0.5, 0.6) is 0 Å². The first-order valence-corrected chi connectivity index (χ1v) is 2.68. The minimum atomic E-state index is 0.0723. The highest BCUT2D eigenvalue weighted by atomic mass is 16.1. The van der Waals surface area contributed by atoms with Crippen molar-refractivity contribution in [1.82, 2.24) is 0 Å². The molecule has 0 aromatic rings. The largest absolute Gasteiger partial charge is 0.299 e. The third-order valence-electron chi connectivity index (χ3n) is 1.14. The summed E-state index contributed by atoms with van der Waals surface area (Å²) < 4.78 is 0. The molecule has 0 saturated carbocycles. The maximum Gasteiger partial charge on any atom is 0.160 e. The fourth-order valence-electron chi connectivity index (χ4n) is 0.721. The van der Waals surface area contributed by atoms with Gasteiger partial charge in [-0.15, -0.1) is 0 Å². The van der Waals surface area contributed by atoms with E-state index in [0.29, 0.717) is 12.7 Å². The van der Waals surface area contributed by atoms with Crippen molar-refractivity contribution in [3.63, 3.8) is 0 Å². The van der Waals surface area contributed by atoms with E-state index < -0.39 is 0 Å². The van der Waals surface area contributed by atoms with Crippen LogP contribution in [-0.4, -0.2) is 12.1 Å². The molecule has 0 radical (unpaired) electrons. The van der Waals surface area contributed by atoms with Gasteiger partial charge in [-0.25, -0.2) is 0 Å². The topological polar surface area (TPSA) is 34.1 Å². The van der Waals surface area contributed by atoms with Gasteiger partial charge in [0, 0.05) is 6.42 Å². The number of hydrogen-bond acceptors (Lipinski definition) is 2. The van der Waals surface area contributed by atoms with Gasteiger partial charge in [-0.3, -0.25) is 9.59 Å². The molecule has 46 valence electrons. The van der Waals surface area contributed by atoms with Gasteiger partial charge in [-0.2, -0.15) is 0 Å². The maximum absolute atomic E-state index is 10.5. The monoisotopic (exact) mass is 122 g/mol. The van der Waals surface area contributed by atoms with Crippen molar-refractivity contribution >= 4 is 12.1 Å². The van der Waals surface area contributed by atoms with Crippen LogP contribution in [0.1, 0.15) is 6.42 Å². The molecule has 0 aromatic carbocycles. The molecule has 0 aromatic heterocycles. The standard InChI is InChI=1S/C7H6O2/c8-4-3-6-1-2-7(9)5-6/h1-4H,5H2/b6-3+. The maximum atomic E-state index is 10.5. The molecule has 0 spiro atoms. The van der Waals surface area contributed by atoms with Crippen molar-refractivity contribution in [2.75, 3.05) is 0 Å². The summed E-state index contributed by atoms with van der Waals surface area (Å²) in [5.41, 5.74) is 0.801. The van der Waals surface area contributed by atoms with Crippen LogP contribution in [0, 0.1) is 0 Å². The summed E-state index contributed by atoms with van der Waals surface area (Å²) in [6, 6.07) is 0. The van der Waals surface area contributed by atoms with Crippen LogP contribution < -0.4 is 0 Å². The number of carbonyl (C=O) groups is 2. The lowest BCUT2D eigenvalue weighted by atomic mass is 10.2. The second kappa shape index (κ2) is 2.40. The molecule has 2 heteroatoms. The first-order chi connectivity index (χ1) is 4.33. The molecule has 0 unspecified atom stereocenters. The first-order valence-electron chi connectivity index (χ1n) is 2.68. The van der Waals surface area contributed by atoms with E-state index in [1.807, 2.05) is 0 Å². The summed E-state index contributed by atoms with van der Waals surface area (Å²) in [7, 11) is 0. The molecule has 0 aliphatic heterocycles. The highest BCUT2D eigenvalue weighted by molar-refractivity contribution is 5.96. The second-order valence-electron chi connectivity index (χ2n) is 1.85. The third-order valence-corrected chi connectivity index (χ3v) is 1.14. The Hall–Kier alpha value is -1.18. The molecule has 0 fully saturated rings. The molecular formula is C7H6O2. The summed E-state index contributed by atoms with van der Waals surface area (Å²) in [5, 5.41) is 0. The van der Waals surface area contributed by atoms with E-state index >= 15 is 0 Å². The van der Waals surface area contributed by atoms with Crippen LogP contribution in [0.3, 0.4) is 0 Å². The molecule has 0 N–H and O–H groups in total. The summed E-state index contributed by atoms with van der Waals surface area (Å²) >= 11 is 0. The molecule has 1 aliphatic carbocycles. The summed E-state index contributed by atoms with van der Waals surface area (Å²) in [5.74, 6) is 0.0723. The minimum Gasteiger partial charge on any atom is -0.299 e. The summed E-state index contributed by atoms with van der Waals surface area (Å²) in [6.07, 6.45) is 5.63. The van der Waals surface area contributed by atoms with Crippen molar-refractivity contribution in [2.24, 2.45) is 0 Å².